The molecule has 0 aliphatic rings. The predicted molar refractivity (Wildman–Crippen MR) is 92.9 cm³/mol. The Kier molecular flexibility index (Phi) is 5.36. The van der Waals surface area contributed by atoms with Gasteiger partial charge in [-0.3, -0.25) is 4.79 Å². The van der Waals surface area contributed by atoms with Crippen molar-refractivity contribution in [2.45, 2.75) is 0 Å². The molecular formula is C16H10Br2N2O2. The SMILES string of the molecule is C#Cc1ccc(C(=O)N/N=C/c2cc(Br)cc(Br)c2O)cc1. The van der Waals surface area contributed by atoms with Gasteiger partial charge < -0.3 is 5.11 Å². The second-order valence-corrected chi connectivity index (χ2v) is 6.02. The van der Waals surface area contributed by atoms with Gasteiger partial charge in [-0.25, -0.2) is 5.43 Å². The smallest absolute Gasteiger partial charge is 0.271 e. The number of hydrogen-bond donors (Lipinski definition) is 2. The van der Waals surface area contributed by atoms with Gasteiger partial charge in [0, 0.05) is 21.2 Å². The third kappa shape index (κ3) is 3.97. The first-order chi connectivity index (χ1) is 10.5. The lowest BCUT2D eigenvalue weighted by Gasteiger charge is -2.03. The highest BCUT2D eigenvalue weighted by molar-refractivity contribution is 9.11. The third-order valence-corrected chi connectivity index (χ3v) is 3.80. The van der Waals surface area contributed by atoms with Crippen molar-refractivity contribution in [2.75, 3.05) is 0 Å². The summed E-state index contributed by atoms with van der Waals surface area (Å²) in [5.74, 6) is 2.15. The number of benzene rings is 2. The van der Waals surface area contributed by atoms with Crippen molar-refractivity contribution in [3.8, 4) is 18.1 Å². The maximum absolute atomic E-state index is 11.9. The van der Waals surface area contributed by atoms with Crippen LogP contribution in [0, 0.1) is 12.3 Å². The van der Waals surface area contributed by atoms with E-state index in [4.69, 9.17) is 6.42 Å². The van der Waals surface area contributed by atoms with Crippen molar-refractivity contribution >= 4 is 44.0 Å². The van der Waals surface area contributed by atoms with Gasteiger partial charge in [0.15, 0.2) is 0 Å². The standard InChI is InChI=1S/C16H10Br2N2O2/c1-2-10-3-5-11(6-4-10)16(22)20-19-9-12-7-13(17)8-14(18)15(12)21/h1,3-9,21H,(H,20,22)/b19-9+. The second-order valence-electron chi connectivity index (χ2n) is 4.25. The van der Waals surface area contributed by atoms with Gasteiger partial charge in [-0.1, -0.05) is 21.9 Å². The number of phenols is 1. The first-order valence-electron chi connectivity index (χ1n) is 6.09. The molecule has 2 rings (SSSR count). The van der Waals surface area contributed by atoms with Gasteiger partial charge in [-0.05, 0) is 52.3 Å². The molecule has 2 aromatic rings. The predicted octanol–water partition coefficient (Wildman–Crippen LogP) is 3.66. The monoisotopic (exact) mass is 420 g/mol. The number of carbonyl (C=O) groups excluding carboxylic acids is 1. The maximum Gasteiger partial charge on any atom is 0.271 e. The van der Waals surface area contributed by atoms with Crippen molar-refractivity contribution in [3.05, 3.63) is 62.0 Å². The van der Waals surface area contributed by atoms with E-state index < -0.39 is 0 Å². The Balaban J connectivity index is 2.09. The molecule has 1 amide bonds. The number of nitrogens with one attached hydrogen (secondary N) is 1. The summed E-state index contributed by atoms with van der Waals surface area (Å²) in [6, 6.07) is 9.97. The summed E-state index contributed by atoms with van der Waals surface area (Å²) < 4.78 is 1.30. The Hall–Kier alpha value is -2.10. The quantitative estimate of drug-likeness (QED) is 0.451. The van der Waals surface area contributed by atoms with E-state index in [1.807, 2.05) is 0 Å². The number of rotatable bonds is 3. The lowest BCUT2D eigenvalue weighted by atomic mass is 10.1. The Bertz CT molecular complexity index is 778. The number of phenolic OH excluding ortho intramolecular Hbond substituents is 1. The molecule has 0 unspecified atom stereocenters. The van der Waals surface area contributed by atoms with Gasteiger partial charge >= 0.3 is 0 Å². The molecule has 0 aliphatic heterocycles. The number of hydrazone groups is 1. The number of hydrogen-bond acceptors (Lipinski definition) is 3. The summed E-state index contributed by atoms with van der Waals surface area (Å²) >= 11 is 6.53. The normalized spacial score (nSPS) is 10.4. The Labute approximate surface area is 144 Å². The molecule has 0 saturated heterocycles. The van der Waals surface area contributed by atoms with E-state index in [1.165, 1.54) is 6.21 Å². The van der Waals surface area contributed by atoms with Crippen LogP contribution in [0.5, 0.6) is 5.75 Å². The number of nitrogens with zero attached hydrogens (tertiary/aromatic N) is 1. The molecule has 0 atom stereocenters. The van der Waals surface area contributed by atoms with Crippen LogP contribution in [-0.2, 0) is 0 Å². The van der Waals surface area contributed by atoms with Gasteiger partial charge in [0.2, 0.25) is 0 Å². The van der Waals surface area contributed by atoms with Crippen LogP contribution in [0.25, 0.3) is 0 Å². The van der Waals surface area contributed by atoms with Crippen molar-refractivity contribution in [2.24, 2.45) is 5.10 Å². The van der Waals surface area contributed by atoms with E-state index in [1.54, 1.807) is 36.4 Å². The molecule has 0 heterocycles. The molecule has 110 valence electrons. The summed E-state index contributed by atoms with van der Waals surface area (Å²) in [7, 11) is 0. The minimum atomic E-state index is -0.367. The number of terminal acetylenes is 1. The van der Waals surface area contributed by atoms with Crippen LogP contribution in [0.1, 0.15) is 21.5 Å². The molecule has 0 radical (unpaired) electrons. The van der Waals surface area contributed by atoms with Crippen LogP contribution in [0.4, 0.5) is 0 Å². The third-order valence-electron chi connectivity index (χ3n) is 2.74. The van der Waals surface area contributed by atoms with Crippen molar-refractivity contribution < 1.29 is 9.90 Å². The highest BCUT2D eigenvalue weighted by Gasteiger charge is 2.06. The molecule has 0 spiro atoms. The lowest BCUT2D eigenvalue weighted by molar-refractivity contribution is 0.0955. The minimum Gasteiger partial charge on any atom is -0.506 e. The van der Waals surface area contributed by atoms with Crippen LogP contribution in [0.2, 0.25) is 0 Å². The Morgan fingerprint density at radius 2 is 1.95 bits per heavy atom. The van der Waals surface area contributed by atoms with Crippen molar-refractivity contribution in [1.29, 1.82) is 0 Å². The molecule has 2 N–H and O–H groups in total. The molecule has 0 saturated carbocycles. The fourth-order valence-corrected chi connectivity index (χ4v) is 2.89. The zero-order valence-corrected chi connectivity index (χ0v) is 14.3. The fraction of sp³-hybridized carbons (Fsp3) is 0. The van der Waals surface area contributed by atoms with E-state index >= 15 is 0 Å². The highest BCUT2D eigenvalue weighted by atomic mass is 79.9. The molecule has 0 aromatic heterocycles. The largest absolute Gasteiger partial charge is 0.506 e. The van der Waals surface area contributed by atoms with E-state index in [9.17, 15) is 9.90 Å². The summed E-state index contributed by atoms with van der Waals surface area (Å²) in [5, 5.41) is 13.7. The second kappa shape index (κ2) is 7.25. The summed E-state index contributed by atoms with van der Waals surface area (Å²) in [4.78, 5) is 11.9. The Morgan fingerprint density at radius 1 is 1.27 bits per heavy atom. The van der Waals surface area contributed by atoms with Gasteiger partial charge in [-0.2, -0.15) is 5.10 Å². The van der Waals surface area contributed by atoms with E-state index in [-0.39, 0.29) is 11.7 Å². The summed E-state index contributed by atoms with van der Waals surface area (Å²) in [6.07, 6.45) is 6.61. The fourth-order valence-electron chi connectivity index (χ4n) is 1.63. The van der Waals surface area contributed by atoms with E-state index in [0.717, 1.165) is 4.47 Å². The topological polar surface area (TPSA) is 61.7 Å². The van der Waals surface area contributed by atoms with Crippen LogP contribution < -0.4 is 5.43 Å². The molecular weight excluding hydrogens is 412 g/mol. The minimum absolute atomic E-state index is 0.0413. The van der Waals surface area contributed by atoms with Crippen LogP contribution in [-0.4, -0.2) is 17.2 Å². The molecule has 0 fully saturated rings. The first kappa shape index (κ1) is 16.3. The maximum atomic E-state index is 11.9. The average Bonchev–Trinajstić information content (AvgIpc) is 2.51. The Morgan fingerprint density at radius 3 is 2.59 bits per heavy atom. The summed E-state index contributed by atoms with van der Waals surface area (Å²) in [5.41, 5.74) is 3.99. The molecule has 4 nitrogen and oxygen atoms in total. The van der Waals surface area contributed by atoms with Gasteiger partial charge in [-0.15, -0.1) is 6.42 Å². The molecule has 6 heteroatoms. The van der Waals surface area contributed by atoms with E-state index in [2.05, 4.69) is 48.3 Å². The molecule has 2 aromatic carbocycles. The van der Waals surface area contributed by atoms with Crippen molar-refractivity contribution in [3.63, 3.8) is 0 Å². The lowest BCUT2D eigenvalue weighted by Crippen LogP contribution is -2.17. The number of carbonyl (C=O) groups is 1. The molecule has 0 aliphatic carbocycles. The number of amides is 1. The summed E-state index contributed by atoms with van der Waals surface area (Å²) in [6.45, 7) is 0. The van der Waals surface area contributed by atoms with Crippen LogP contribution in [0.3, 0.4) is 0 Å². The molecule has 0 bridgehead atoms. The zero-order chi connectivity index (χ0) is 16.1. The highest BCUT2D eigenvalue weighted by Crippen LogP contribution is 2.30. The first-order valence-corrected chi connectivity index (χ1v) is 7.68. The average molecular weight is 422 g/mol. The van der Waals surface area contributed by atoms with Crippen LogP contribution >= 0.6 is 31.9 Å². The number of aromatic hydroxyl groups is 1. The van der Waals surface area contributed by atoms with Gasteiger partial charge in [0.05, 0.1) is 10.7 Å². The van der Waals surface area contributed by atoms with Gasteiger partial charge in [0.25, 0.3) is 5.91 Å². The van der Waals surface area contributed by atoms with E-state index in [0.29, 0.717) is 21.2 Å². The van der Waals surface area contributed by atoms with Crippen LogP contribution in [0.15, 0.2) is 50.4 Å². The van der Waals surface area contributed by atoms with Gasteiger partial charge in [0.1, 0.15) is 5.75 Å². The number of halogens is 2. The molecule has 22 heavy (non-hydrogen) atoms. The van der Waals surface area contributed by atoms with Crippen molar-refractivity contribution in [1.82, 2.24) is 5.43 Å². The zero-order valence-electron chi connectivity index (χ0n) is 11.2.